The molecule has 0 radical (unpaired) electrons. The molecule has 0 amide bonds. The van der Waals surface area contributed by atoms with E-state index in [1.54, 1.807) is 5.92 Å². The quantitative estimate of drug-likeness (QED) is 0.588. The van der Waals surface area contributed by atoms with Crippen LogP contribution < -0.4 is 10.8 Å². The van der Waals surface area contributed by atoms with E-state index in [0.29, 0.717) is 0 Å². The van der Waals surface area contributed by atoms with Gasteiger partial charge in [0.15, 0.2) is 0 Å². The number of benzene rings is 1. The fraction of sp³-hybridized carbons (Fsp3) is 0.182. The van der Waals surface area contributed by atoms with Crippen molar-refractivity contribution >= 4 is 11.7 Å². The van der Waals surface area contributed by atoms with Crippen LogP contribution in [0.1, 0.15) is 27.0 Å². The SMILES string of the molecule is C#Cc1c(N)c(C)cc(C(=O)[O-])c1C(F)(F)F. The van der Waals surface area contributed by atoms with Gasteiger partial charge in [0.1, 0.15) is 0 Å². The third-order valence-corrected chi connectivity index (χ3v) is 2.22. The van der Waals surface area contributed by atoms with Crippen LogP contribution in [0.4, 0.5) is 18.9 Å². The number of rotatable bonds is 1. The fourth-order valence-corrected chi connectivity index (χ4v) is 1.44. The van der Waals surface area contributed by atoms with Crippen molar-refractivity contribution in [2.24, 2.45) is 0 Å². The topological polar surface area (TPSA) is 66.2 Å². The Hall–Kier alpha value is -2.16. The van der Waals surface area contributed by atoms with E-state index in [0.717, 1.165) is 6.07 Å². The van der Waals surface area contributed by atoms with Gasteiger partial charge in [-0.3, -0.25) is 0 Å². The maximum atomic E-state index is 12.7. The number of carboxylic acid groups (broad SMARTS) is 1. The average Bonchev–Trinajstić information content (AvgIpc) is 2.19. The van der Waals surface area contributed by atoms with Gasteiger partial charge in [-0.1, -0.05) is 5.92 Å². The van der Waals surface area contributed by atoms with Crippen molar-refractivity contribution in [1.82, 2.24) is 0 Å². The van der Waals surface area contributed by atoms with Crippen LogP contribution in [-0.4, -0.2) is 5.97 Å². The van der Waals surface area contributed by atoms with Gasteiger partial charge in [0, 0.05) is 5.56 Å². The smallest absolute Gasteiger partial charge is 0.418 e. The fourth-order valence-electron chi connectivity index (χ4n) is 1.44. The Morgan fingerprint density at radius 3 is 2.41 bits per heavy atom. The van der Waals surface area contributed by atoms with Crippen molar-refractivity contribution < 1.29 is 23.1 Å². The zero-order valence-corrected chi connectivity index (χ0v) is 8.68. The molecule has 0 aliphatic rings. The number of anilines is 1. The van der Waals surface area contributed by atoms with Crippen molar-refractivity contribution in [2.75, 3.05) is 5.73 Å². The van der Waals surface area contributed by atoms with Crippen LogP contribution in [0.5, 0.6) is 0 Å². The van der Waals surface area contributed by atoms with Gasteiger partial charge in [0.05, 0.1) is 22.8 Å². The Morgan fingerprint density at radius 2 is 2.06 bits per heavy atom. The molecule has 1 aromatic carbocycles. The summed E-state index contributed by atoms with van der Waals surface area (Å²) in [6.45, 7) is 1.36. The third kappa shape index (κ3) is 2.18. The van der Waals surface area contributed by atoms with E-state index in [-0.39, 0.29) is 11.3 Å². The molecule has 0 aromatic heterocycles. The van der Waals surface area contributed by atoms with Crippen LogP contribution in [0, 0.1) is 19.3 Å². The summed E-state index contributed by atoms with van der Waals surface area (Å²) in [5.74, 6) is -0.177. The van der Waals surface area contributed by atoms with E-state index in [1.165, 1.54) is 6.92 Å². The zero-order chi connectivity index (χ0) is 13.4. The summed E-state index contributed by atoms with van der Waals surface area (Å²) in [5.41, 5.74) is 2.19. The van der Waals surface area contributed by atoms with Crippen LogP contribution in [0.3, 0.4) is 0 Å². The van der Waals surface area contributed by atoms with Gasteiger partial charge in [-0.05, 0) is 18.6 Å². The monoisotopic (exact) mass is 242 g/mol. The molecule has 0 atom stereocenters. The number of hydrogen-bond acceptors (Lipinski definition) is 3. The number of nitrogen functional groups attached to an aromatic ring is 1. The molecule has 0 aliphatic carbocycles. The number of halogens is 3. The largest absolute Gasteiger partial charge is 0.545 e. The summed E-state index contributed by atoms with van der Waals surface area (Å²) in [4.78, 5) is 10.7. The molecule has 0 unspecified atom stereocenters. The number of hydrogen-bond donors (Lipinski definition) is 1. The summed E-state index contributed by atoms with van der Waals surface area (Å²) in [7, 11) is 0. The lowest BCUT2D eigenvalue weighted by molar-refractivity contribution is -0.255. The summed E-state index contributed by atoms with van der Waals surface area (Å²) in [6.07, 6.45) is 0.0389. The maximum absolute atomic E-state index is 12.7. The molecule has 0 spiro atoms. The highest BCUT2D eigenvalue weighted by Crippen LogP contribution is 2.37. The van der Waals surface area contributed by atoms with Crippen LogP contribution in [0.2, 0.25) is 0 Å². The number of terminal acetylenes is 1. The van der Waals surface area contributed by atoms with Crippen molar-refractivity contribution in [3.05, 3.63) is 28.3 Å². The van der Waals surface area contributed by atoms with Crippen LogP contribution in [-0.2, 0) is 6.18 Å². The summed E-state index contributed by atoms with van der Waals surface area (Å²) >= 11 is 0. The predicted molar refractivity (Wildman–Crippen MR) is 52.9 cm³/mol. The zero-order valence-electron chi connectivity index (χ0n) is 8.68. The molecular formula is C11H7F3NO2-. The maximum Gasteiger partial charge on any atom is 0.418 e. The first-order valence-electron chi connectivity index (χ1n) is 4.38. The molecule has 6 heteroatoms. The third-order valence-electron chi connectivity index (χ3n) is 2.22. The van der Waals surface area contributed by atoms with E-state index in [9.17, 15) is 23.1 Å². The molecule has 17 heavy (non-hydrogen) atoms. The molecule has 3 nitrogen and oxygen atoms in total. The number of carbonyl (C=O) groups excluding carboxylic acids is 1. The van der Waals surface area contributed by atoms with Gasteiger partial charge in [0.25, 0.3) is 0 Å². The van der Waals surface area contributed by atoms with Gasteiger partial charge in [0.2, 0.25) is 0 Å². The number of carboxylic acids is 1. The van der Waals surface area contributed by atoms with Gasteiger partial charge < -0.3 is 15.6 Å². The van der Waals surface area contributed by atoms with Crippen molar-refractivity contribution in [3.63, 3.8) is 0 Å². The van der Waals surface area contributed by atoms with Crippen LogP contribution in [0.15, 0.2) is 6.07 Å². The van der Waals surface area contributed by atoms with Crippen molar-refractivity contribution in [3.8, 4) is 12.3 Å². The lowest BCUT2D eigenvalue weighted by Gasteiger charge is -2.18. The van der Waals surface area contributed by atoms with E-state index in [4.69, 9.17) is 12.2 Å². The minimum Gasteiger partial charge on any atom is -0.545 e. The molecule has 0 heterocycles. The Balaban J connectivity index is 3.82. The first kappa shape index (κ1) is 12.9. The first-order valence-corrected chi connectivity index (χ1v) is 4.38. The second-order valence-electron chi connectivity index (χ2n) is 3.33. The highest BCUT2D eigenvalue weighted by molar-refractivity contribution is 5.91. The standard InChI is InChI=1S/C11H8F3NO2/c1-3-6-8(11(12,13)14)7(10(16)17)4-5(2)9(6)15/h1,4H,15H2,2H3,(H,16,17)/p-1. The normalized spacial score (nSPS) is 11.0. The number of aromatic carboxylic acids is 1. The lowest BCUT2D eigenvalue weighted by Crippen LogP contribution is -2.27. The highest BCUT2D eigenvalue weighted by Gasteiger charge is 2.37. The number of aryl methyl sites for hydroxylation is 1. The van der Waals surface area contributed by atoms with Gasteiger partial charge in [-0.15, -0.1) is 6.42 Å². The molecule has 2 N–H and O–H groups in total. The first-order chi connectivity index (χ1) is 7.70. The van der Waals surface area contributed by atoms with Gasteiger partial charge in [-0.2, -0.15) is 13.2 Å². The van der Waals surface area contributed by atoms with Crippen LogP contribution in [0.25, 0.3) is 0 Å². The lowest BCUT2D eigenvalue weighted by atomic mass is 9.95. The second kappa shape index (κ2) is 4.01. The molecule has 0 saturated heterocycles. The Kier molecular flexibility index (Phi) is 3.05. The van der Waals surface area contributed by atoms with E-state index < -0.39 is 28.8 Å². The average molecular weight is 242 g/mol. The molecule has 1 rings (SSSR count). The minimum atomic E-state index is -4.90. The predicted octanol–water partition coefficient (Wildman–Crippen LogP) is 0.941. The Bertz CT molecular complexity index is 527. The van der Waals surface area contributed by atoms with Crippen molar-refractivity contribution in [1.29, 1.82) is 0 Å². The molecule has 1 aromatic rings. The number of alkyl halides is 3. The van der Waals surface area contributed by atoms with E-state index in [1.807, 2.05) is 0 Å². The van der Waals surface area contributed by atoms with Gasteiger partial charge >= 0.3 is 6.18 Å². The van der Waals surface area contributed by atoms with E-state index >= 15 is 0 Å². The summed E-state index contributed by atoms with van der Waals surface area (Å²) < 4.78 is 38.2. The number of carbonyl (C=O) groups is 1. The number of nitrogens with two attached hydrogens (primary N) is 1. The van der Waals surface area contributed by atoms with Crippen molar-refractivity contribution in [2.45, 2.75) is 13.1 Å². The molecular weight excluding hydrogens is 235 g/mol. The molecule has 90 valence electrons. The Labute approximate surface area is 95.0 Å². The van der Waals surface area contributed by atoms with Gasteiger partial charge in [-0.25, -0.2) is 0 Å². The minimum absolute atomic E-state index is 0.158. The molecule has 0 bridgehead atoms. The summed E-state index contributed by atoms with van der Waals surface area (Å²) in [5, 5.41) is 10.7. The van der Waals surface area contributed by atoms with E-state index in [2.05, 4.69) is 0 Å². The highest BCUT2D eigenvalue weighted by atomic mass is 19.4. The summed E-state index contributed by atoms with van der Waals surface area (Å²) in [6, 6.07) is 0.800. The second-order valence-corrected chi connectivity index (χ2v) is 3.33. The van der Waals surface area contributed by atoms with Crippen LogP contribution >= 0.6 is 0 Å². The molecule has 0 fully saturated rings. The molecule has 0 saturated carbocycles. The molecule has 0 aliphatic heterocycles. The Morgan fingerprint density at radius 1 is 1.53 bits per heavy atom.